The number of hydrogen-bond donors (Lipinski definition) is 1. The maximum absolute atomic E-state index is 13.0. The minimum Gasteiger partial charge on any atom is -0.508 e. The molecular weight excluding hydrogens is 304 g/mol. The van der Waals surface area contributed by atoms with E-state index in [0.29, 0.717) is 23.1 Å². The molecule has 0 saturated heterocycles. The molecule has 4 nitrogen and oxygen atoms in total. The Bertz CT molecular complexity index is 759. The van der Waals surface area contributed by atoms with Crippen molar-refractivity contribution in [3.8, 4) is 5.75 Å². The first-order valence-corrected chi connectivity index (χ1v) is 8.47. The largest absolute Gasteiger partial charge is 0.508 e. The molecule has 0 unspecified atom stereocenters. The summed E-state index contributed by atoms with van der Waals surface area (Å²) in [5.41, 5.74) is 0.369. The fourth-order valence-electron chi connectivity index (χ4n) is 4.78. The summed E-state index contributed by atoms with van der Waals surface area (Å²) >= 11 is 0. The van der Waals surface area contributed by atoms with Gasteiger partial charge in [-0.25, -0.2) is 0 Å². The van der Waals surface area contributed by atoms with Crippen LogP contribution in [0.5, 0.6) is 5.75 Å². The second-order valence-electron chi connectivity index (χ2n) is 8.35. The van der Waals surface area contributed by atoms with Gasteiger partial charge in [0.1, 0.15) is 17.8 Å². The maximum atomic E-state index is 13.0. The van der Waals surface area contributed by atoms with Gasteiger partial charge in [0.25, 0.3) is 0 Å². The normalized spacial score (nSPS) is 31.1. The van der Waals surface area contributed by atoms with Crippen LogP contribution < -0.4 is 0 Å². The lowest BCUT2D eigenvalue weighted by molar-refractivity contribution is -0.144. The van der Waals surface area contributed by atoms with E-state index < -0.39 is 22.7 Å². The Labute approximate surface area is 142 Å². The van der Waals surface area contributed by atoms with Gasteiger partial charge in [0.2, 0.25) is 0 Å². The van der Waals surface area contributed by atoms with Gasteiger partial charge in [-0.1, -0.05) is 34.6 Å². The average molecular weight is 328 g/mol. The summed E-state index contributed by atoms with van der Waals surface area (Å²) in [7, 11) is 0. The molecule has 1 aromatic rings. The summed E-state index contributed by atoms with van der Waals surface area (Å²) in [6.07, 6.45) is 1.19. The molecule has 0 amide bonds. The van der Waals surface area contributed by atoms with Crippen molar-refractivity contribution in [2.24, 2.45) is 17.3 Å². The Morgan fingerprint density at radius 3 is 2.38 bits per heavy atom. The zero-order chi connectivity index (χ0) is 18.0. The molecule has 0 aliphatic heterocycles. The number of ketones is 2. The van der Waals surface area contributed by atoms with Gasteiger partial charge in [-0.3, -0.25) is 9.59 Å². The molecule has 2 aliphatic carbocycles. The maximum Gasteiger partial charge on any atom is 0.173 e. The van der Waals surface area contributed by atoms with Gasteiger partial charge >= 0.3 is 0 Å². The number of carbonyl (C=O) groups excluding carboxylic acids is 3. The topological polar surface area (TPSA) is 71.4 Å². The molecule has 1 N–H and O–H groups in total. The Morgan fingerprint density at radius 2 is 1.83 bits per heavy atom. The molecule has 0 spiro atoms. The first-order chi connectivity index (χ1) is 11.1. The molecule has 2 bridgehead atoms. The highest BCUT2D eigenvalue weighted by atomic mass is 16.3. The smallest absolute Gasteiger partial charge is 0.173 e. The van der Waals surface area contributed by atoms with Crippen LogP contribution in [0, 0.1) is 17.3 Å². The summed E-state index contributed by atoms with van der Waals surface area (Å²) in [6, 6.07) is 3.36. The lowest BCUT2D eigenvalue weighted by Gasteiger charge is -2.53. The van der Waals surface area contributed by atoms with Crippen LogP contribution in [0.1, 0.15) is 68.4 Å². The third kappa shape index (κ3) is 1.95. The van der Waals surface area contributed by atoms with E-state index in [1.54, 1.807) is 26.0 Å². The van der Waals surface area contributed by atoms with Crippen LogP contribution in [-0.2, 0) is 15.0 Å². The molecular formula is C20H24O4. The molecule has 0 radical (unpaired) electrons. The van der Waals surface area contributed by atoms with Crippen LogP contribution >= 0.6 is 0 Å². The summed E-state index contributed by atoms with van der Waals surface area (Å²) in [5, 5.41) is 10.4. The van der Waals surface area contributed by atoms with E-state index in [1.165, 1.54) is 0 Å². The van der Waals surface area contributed by atoms with Crippen molar-refractivity contribution in [2.75, 3.05) is 0 Å². The van der Waals surface area contributed by atoms with Crippen LogP contribution in [0.2, 0.25) is 0 Å². The van der Waals surface area contributed by atoms with Gasteiger partial charge in [0.15, 0.2) is 5.78 Å². The molecule has 128 valence electrons. The van der Waals surface area contributed by atoms with Gasteiger partial charge in [-0.05, 0) is 35.6 Å². The summed E-state index contributed by atoms with van der Waals surface area (Å²) in [4.78, 5) is 37.7. The number of phenolic OH excluding ortho intramolecular Hbond substituents is 1. The Balaban J connectivity index is 2.33. The van der Waals surface area contributed by atoms with E-state index in [2.05, 4.69) is 0 Å². The Morgan fingerprint density at radius 1 is 1.21 bits per heavy atom. The van der Waals surface area contributed by atoms with Crippen molar-refractivity contribution in [2.45, 2.75) is 52.4 Å². The second-order valence-corrected chi connectivity index (χ2v) is 8.35. The fourth-order valence-corrected chi connectivity index (χ4v) is 4.78. The SMILES string of the molecule is CC(C)c1cc2c(cc1O)[C@@]1(C)C[C@@H](C2=O)C(=O)C(C)(C)[C@@H]1C=O. The number of Topliss-reactive ketones (excluding diaryl/α,β-unsaturated/α-hetero) is 2. The van der Waals surface area contributed by atoms with Crippen LogP contribution in [0.25, 0.3) is 0 Å². The third-order valence-electron chi connectivity index (χ3n) is 6.17. The summed E-state index contributed by atoms with van der Waals surface area (Å²) in [5.74, 6) is -1.33. The Kier molecular flexibility index (Phi) is 3.52. The molecule has 0 heterocycles. The molecule has 1 saturated carbocycles. The molecule has 1 aromatic carbocycles. The van der Waals surface area contributed by atoms with Crippen molar-refractivity contribution >= 4 is 17.9 Å². The van der Waals surface area contributed by atoms with Crippen LogP contribution in [-0.4, -0.2) is 23.0 Å². The van der Waals surface area contributed by atoms with Crippen LogP contribution in [0.3, 0.4) is 0 Å². The molecule has 3 atom stereocenters. The molecule has 3 rings (SSSR count). The van der Waals surface area contributed by atoms with Gasteiger partial charge in [-0.15, -0.1) is 0 Å². The van der Waals surface area contributed by atoms with E-state index in [1.807, 2.05) is 20.8 Å². The number of fused-ring (bicyclic) bond motifs is 4. The third-order valence-corrected chi connectivity index (χ3v) is 6.17. The fraction of sp³-hybridized carbons (Fsp3) is 0.550. The van der Waals surface area contributed by atoms with E-state index >= 15 is 0 Å². The number of benzene rings is 1. The molecule has 4 heteroatoms. The first-order valence-electron chi connectivity index (χ1n) is 8.47. The molecule has 1 fully saturated rings. The van der Waals surface area contributed by atoms with Crippen LogP contribution in [0.15, 0.2) is 12.1 Å². The molecule has 24 heavy (non-hydrogen) atoms. The van der Waals surface area contributed by atoms with Crippen molar-refractivity contribution in [3.05, 3.63) is 28.8 Å². The molecule has 2 aliphatic rings. The predicted octanol–water partition coefficient (Wildman–Crippen LogP) is 3.40. The van der Waals surface area contributed by atoms with Gasteiger partial charge in [-0.2, -0.15) is 0 Å². The van der Waals surface area contributed by atoms with E-state index in [9.17, 15) is 19.5 Å². The van der Waals surface area contributed by atoms with Crippen molar-refractivity contribution < 1.29 is 19.5 Å². The quantitative estimate of drug-likeness (QED) is 0.667. The number of phenols is 1. The first kappa shape index (κ1) is 16.9. The highest BCUT2D eigenvalue weighted by molar-refractivity contribution is 6.15. The lowest BCUT2D eigenvalue weighted by atomic mass is 9.47. The van der Waals surface area contributed by atoms with Crippen molar-refractivity contribution in [1.29, 1.82) is 0 Å². The minimum atomic E-state index is -0.890. The number of carbonyl (C=O) groups is 3. The highest BCUT2D eigenvalue weighted by Crippen LogP contribution is 2.56. The van der Waals surface area contributed by atoms with Gasteiger partial charge < -0.3 is 9.90 Å². The van der Waals surface area contributed by atoms with Crippen molar-refractivity contribution in [3.63, 3.8) is 0 Å². The van der Waals surface area contributed by atoms with E-state index in [-0.39, 0.29) is 23.2 Å². The van der Waals surface area contributed by atoms with Gasteiger partial charge in [0.05, 0.1) is 5.92 Å². The Hall–Kier alpha value is -1.97. The van der Waals surface area contributed by atoms with Crippen LogP contribution in [0.4, 0.5) is 0 Å². The zero-order valence-corrected chi connectivity index (χ0v) is 14.8. The average Bonchev–Trinajstić information content (AvgIpc) is 2.49. The molecule has 0 aromatic heterocycles. The predicted molar refractivity (Wildman–Crippen MR) is 90.3 cm³/mol. The highest BCUT2D eigenvalue weighted by Gasteiger charge is 2.60. The van der Waals surface area contributed by atoms with E-state index in [4.69, 9.17) is 0 Å². The lowest BCUT2D eigenvalue weighted by Crippen LogP contribution is -2.59. The number of aldehydes is 1. The number of rotatable bonds is 2. The minimum absolute atomic E-state index is 0.0617. The number of hydrogen-bond acceptors (Lipinski definition) is 4. The standard InChI is InChI=1S/C20H24O4/c1-10(2)11-6-12-14(7-15(11)22)20(5)8-13(17(12)23)18(24)19(3,4)16(20)9-21/h6-7,9-10,13,16,22H,8H2,1-5H3/t13-,16-,20+/m0/s1. The number of aromatic hydroxyl groups is 1. The van der Waals surface area contributed by atoms with Crippen molar-refractivity contribution in [1.82, 2.24) is 0 Å². The summed E-state index contributed by atoms with van der Waals surface area (Å²) < 4.78 is 0. The van der Waals surface area contributed by atoms with Gasteiger partial charge in [0, 0.05) is 22.3 Å². The van der Waals surface area contributed by atoms with E-state index in [0.717, 1.165) is 6.29 Å². The zero-order valence-electron chi connectivity index (χ0n) is 14.8. The monoisotopic (exact) mass is 328 g/mol. The summed E-state index contributed by atoms with van der Waals surface area (Å²) in [6.45, 7) is 9.32. The second kappa shape index (κ2) is 5.01.